The Balaban J connectivity index is 1.30. The summed E-state index contributed by atoms with van der Waals surface area (Å²) in [6, 6.07) is 22.9. The number of carbonyl (C=O) groups excluding carboxylic acids is 2. The average molecular weight is 1160 g/mol. The van der Waals surface area contributed by atoms with Gasteiger partial charge in [-0.2, -0.15) is 0 Å². The second-order valence-corrected chi connectivity index (χ2v) is 29.4. The lowest BCUT2D eigenvalue weighted by molar-refractivity contribution is -0.124. The summed E-state index contributed by atoms with van der Waals surface area (Å²) in [6.45, 7) is 27.4. The number of unbranched alkanes of at least 4 members (excludes halogenated alkanes) is 19. The van der Waals surface area contributed by atoms with E-state index < -0.39 is 0 Å². The van der Waals surface area contributed by atoms with Crippen LogP contribution >= 0.6 is 22.7 Å². The molecule has 454 valence electrons. The second-order valence-electron chi connectivity index (χ2n) is 27.2. The Kier molecular flexibility index (Phi) is 26.2. The van der Waals surface area contributed by atoms with Crippen LogP contribution in [-0.2, 0) is 21.5 Å². The van der Waals surface area contributed by atoms with Gasteiger partial charge in [0.25, 0.3) is 11.8 Å². The zero-order valence-electron chi connectivity index (χ0n) is 54.1. The number of amides is 2. The molecule has 0 N–H and O–H groups in total. The van der Waals surface area contributed by atoms with Crippen molar-refractivity contribution in [1.29, 1.82) is 0 Å². The van der Waals surface area contributed by atoms with Crippen molar-refractivity contribution < 1.29 is 9.59 Å². The predicted octanol–water partition coefficient (Wildman–Crippen LogP) is 23.5. The van der Waals surface area contributed by atoms with Crippen molar-refractivity contribution in [2.24, 2.45) is 17.3 Å². The number of hydrogen-bond donors (Lipinski definition) is 0. The molecule has 83 heavy (non-hydrogen) atoms. The van der Waals surface area contributed by atoms with Crippen molar-refractivity contribution in [3.63, 3.8) is 0 Å². The minimum absolute atomic E-state index is 0.0321. The third-order valence-electron chi connectivity index (χ3n) is 17.7. The van der Waals surface area contributed by atoms with Crippen LogP contribution in [0.15, 0.2) is 77.9 Å². The van der Waals surface area contributed by atoms with Gasteiger partial charge in [-0.1, -0.05) is 266 Å². The van der Waals surface area contributed by atoms with Gasteiger partial charge >= 0.3 is 0 Å². The fourth-order valence-electron chi connectivity index (χ4n) is 12.8. The minimum Gasteiger partial charge on any atom is -0.340 e. The van der Waals surface area contributed by atoms with E-state index in [1.54, 1.807) is 22.7 Å². The maximum Gasteiger partial charge on any atom is 0.261 e. The highest BCUT2D eigenvalue weighted by molar-refractivity contribution is 7.14. The second kappa shape index (κ2) is 32.9. The van der Waals surface area contributed by atoms with Gasteiger partial charge in [-0.05, 0) is 108 Å². The number of fused-ring (bicyclic) bond motifs is 4. The third-order valence-corrected chi connectivity index (χ3v) is 20.3. The summed E-state index contributed by atoms with van der Waals surface area (Å²) in [6.07, 6.45) is 43.4. The Bertz CT molecular complexity index is 2960. The summed E-state index contributed by atoms with van der Waals surface area (Å²) in [5.74, 6) is 0.815. The number of carbonyl (C=O) groups is 2. The molecule has 2 aliphatic rings. The lowest BCUT2D eigenvalue weighted by atomic mass is 9.93. The van der Waals surface area contributed by atoms with Crippen molar-refractivity contribution >= 4 is 85.9 Å². The molecule has 0 radical (unpaired) electrons. The van der Waals surface area contributed by atoms with Gasteiger partial charge < -0.3 is 14.4 Å². The number of thiophene rings is 2. The van der Waals surface area contributed by atoms with Crippen LogP contribution in [0.5, 0.6) is 0 Å². The van der Waals surface area contributed by atoms with E-state index in [9.17, 15) is 0 Å². The van der Waals surface area contributed by atoms with E-state index >= 15 is 9.59 Å². The molecule has 0 fully saturated rings. The molecule has 5 aromatic rings. The van der Waals surface area contributed by atoms with Crippen LogP contribution in [0.4, 0.5) is 0 Å². The Morgan fingerprint density at radius 1 is 0.446 bits per heavy atom. The molecule has 0 bridgehead atoms. The van der Waals surface area contributed by atoms with Gasteiger partial charge in [0, 0.05) is 51.2 Å². The SMILES string of the molecule is CCCCCCCCC(CCCCCC)CN1C(=O)C2=C(c3ccc(C(C)(C)C)s3)N(CC(CCCCCC)CCCCCCCC)C(=O)C2=C1c1ccc(/C=C/c2ccc3c4ccc(/C=C/C(C)(C)C)cc4n(CCCCCC)c3c2)s1. The predicted molar refractivity (Wildman–Crippen MR) is 366 cm³/mol. The first-order valence-corrected chi connectivity index (χ1v) is 35.5. The molecule has 7 rings (SSSR count). The lowest BCUT2D eigenvalue weighted by Gasteiger charge is -2.29. The number of benzene rings is 2. The Labute approximate surface area is 513 Å². The summed E-state index contributed by atoms with van der Waals surface area (Å²) < 4.78 is 2.57. The van der Waals surface area contributed by atoms with Crippen LogP contribution in [0, 0.1) is 17.3 Å². The topological polar surface area (TPSA) is 45.6 Å². The van der Waals surface area contributed by atoms with E-state index in [0.717, 1.165) is 64.7 Å². The number of allylic oxidation sites excluding steroid dienone is 1. The van der Waals surface area contributed by atoms with Gasteiger partial charge in [-0.3, -0.25) is 9.59 Å². The van der Waals surface area contributed by atoms with Crippen molar-refractivity contribution in [2.75, 3.05) is 13.1 Å². The molecule has 2 amide bonds. The maximum atomic E-state index is 16.0. The van der Waals surface area contributed by atoms with Crippen molar-refractivity contribution in [3.8, 4) is 0 Å². The molecule has 5 nitrogen and oxygen atoms in total. The minimum atomic E-state index is -0.0504. The van der Waals surface area contributed by atoms with Gasteiger partial charge in [0.15, 0.2) is 0 Å². The number of aryl methyl sites for hydroxylation is 1. The number of aromatic nitrogens is 1. The van der Waals surface area contributed by atoms with Crippen molar-refractivity contribution in [1.82, 2.24) is 14.4 Å². The summed E-state index contributed by atoms with van der Waals surface area (Å²) in [7, 11) is 0. The molecular weight excluding hydrogens is 1050 g/mol. The van der Waals surface area contributed by atoms with Crippen LogP contribution < -0.4 is 0 Å². The average Bonchev–Trinajstić information content (AvgIpc) is 2.20. The number of hydrogen-bond acceptors (Lipinski definition) is 4. The quantitative estimate of drug-likeness (QED) is 0.0370. The highest BCUT2D eigenvalue weighted by Crippen LogP contribution is 2.50. The van der Waals surface area contributed by atoms with E-state index in [0.29, 0.717) is 36.1 Å². The monoisotopic (exact) mass is 1160 g/mol. The fraction of sp³-hybridized carbons (Fsp3) is 0.605. The molecule has 5 heterocycles. The maximum absolute atomic E-state index is 16.0. The van der Waals surface area contributed by atoms with Gasteiger partial charge in [0.2, 0.25) is 0 Å². The molecular formula is C76H111N3O2S2. The molecule has 2 aliphatic heterocycles. The van der Waals surface area contributed by atoms with E-state index in [-0.39, 0.29) is 22.6 Å². The normalized spacial score (nSPS) is 15.2. The molecule has 0 spiro atoms. The molecule has 7 heteroatoms. The van der Waals surface area contributed by atoms with Gasteiger partial charge in [0.1, 0.15) is 0 Å². The van der Waals surface area contributed by atoms with E-state index in [1.807, 2.05) is 0 Å². The molecule has 2 aromatic carbocycles. The first kappa shape index (κ1) is 66.1. The smallest absolute Gasteiger partial charge is 0.261 e. The zero-order valence-corrected chi connectivity index (χ0v) is 55.8. The van der Waals surface area contributed by atoms with Crippen LogP contribution in [-0.4, -0.2) is 39.3 Å². The summed E-state index contributed by atoms with van der Waals surface area (Å²) in [4.78, 5) is 40.7. The van der Waals surface area contributed by atoms with Crippen LogP contribution in [0.1, 0.15) is 287 Å². The Morgan fingerprint density at radius 2 is 0.855 bits per heavy atom. The number of nitrogens with zero attached hydrogens (tertiary/aromatic N) is 3. The lowest BCUT2D eigenvalue weighted by Crippen LogP contribution is -2.34. The Hall–Kier alpha value is -4.46. The van der Waals surface area contributed by atoms with Crippen LogP contribution in [0.25, 0.3) is 51.4 Å². The summed E-state index contributed by atoms with van der Waals surface area (Å²) >= 11 is 3.52. The van der Waals surface area contributed by atoms with E-state index in [4.69, 9.17) is 0 Å². The third kappa shape index (κ3) is 18.5. The van der Waals surface area contributed by atoms with Gasteiger partial charge in [0.05, 0.1) is 32.3 Å². The highest BCUT2D eigenvalue weighted by atomic mass is 32.1. The van der Waals surface area contributed by atoms with Crippen molar-refractivity contribution in [2.45, 2.75) is 268 Å². The first-order chi connectivity index (χ1) is 40.1. The molecule has 0 saturated carbocycles. The zero-order chi connectivity index (χ0) is 59.4. The van der Waals surface area contributed by atoms with E-state index in [2.05, 4.69) is 175 Å². The summed E-state index contributed by atoms with van der Waals surface area (Å²) in [5.41, 5.74) is 8.11. The fourth-order valence-corrected chi connectivity index (χ4v) is 14.9. The van der Waals surface area contributed by atoms with Crippen LogP contribution in [0.3, 0.4) is 0 Å². The van der Waals surface area contributed by atoms with Crippen LogP contribution in [0.2, 0.25) is 0 Å². The molecule has 0 saturated heterocycles. The standard InChI is InChI=1S/C76H111N3O2S2/c1-12-17-22-27-29-33-38-59(36-31-24-19-14-3)55-78-71(66-47-44-61(82-66)43-40-57-41-45-62-63-46-42-58(50-51-75(6,7)8)54-65(63)77(64(62)53-57)52-35-26-21-16-5)69-70(74(78)81)72(67-48-49-68(83-67)76(9,10)11)79(73(69)80)56-60(37-32-25-20-15-4)39-34-30-28-23-18-13-2/h40-51,53-54,59-60H,12-39,52,55-56H2,1-11H3/b43-40+,51-50+. The van der Waals surface area contributed by atoms with Gasteiger partial charge in [-0.15, -0.1) is 22.7 Å². The number of rotatable bonds is 38. The summed E-state index contributed by atoms with van der Waals surface area (Å²) in [5, 5.41) is 2.62. The Morgan fingerprint density at radius 3 is 1.30 bits per heavy atom. The first-order valence-electron chi connectivity index (χ1n) is 33.9. The molecule has 0 aliphatic carbocycles. The molecule has 3 aromatic heterocycles. The molecule has 2 atom stereocenters. The highest BCUT2D eigenvalue weighted by Gasteiger charge is 2.50. The van der Waals surface area contributed by atoms with E-state index in [1.165, 1.54) is 185 Å². The largest absolute Gasteiger partial charge is 0.340 e. The van der Waals surface area contributed by atoms with Gasteiger partial charge in [-0.25, -0.2) is 0 Å². The van der Waals surface area contributed by atoms with Crippen molar-refractivity contribution in [3.05, 3.63) is 109 Å². The molecule has 2 unspecified atom stereocenters.